The Morgan fingerprint density at radius 3 is 2.81 bits per heavy atom. The molecule has 1 aromatic heterocycles. The zero-order valence-corrected chi connectivity index (χ0v) is 15.3. The van der Waals surface area contributed by atoms with Gasteiger partial charge >= 0.3 is 11.8 Å². The first-order valence-corrected chi connectivity index (χ1v) is 9.11. The Balaban J connectivity index is 1.70. The van der Waals surface area contributed by atoms with Crippen molar-refractivity contribution in [3.63, 3.8) is 0 Å². The van der Waals surface area contributed by atoms with Crippen LogP contribution in [0, 0.1) is 10.1 Å². The summed E-state index contributed by atoms with van der Waals surface area (Å²) in [7, 11) is 0. The lowest BCUT2D eigenvalue weighted by Crippen LogP contribution is -2.49. The van der Waals surface area contributed by atoms with Crippen LogP contribution in [0.5, 0.6) is 0 Å². The highest BCUT2D eigenvalue weighted by atomic mass is 16.6. The van der Waals surface area contributed by atoms with Crippen molar-refractivity contribution in [1.29, 1.82) is 0 Å². The molecule has 0 bridgehead atoms. The van der Waals surface area contributed by atoms with E-state index in [9.17, 15) is 14.9 Å². The van der Waals surface area contributed by atoms with E-state index in [1.165, 1.54) is 6.33 Å². The standard InChI is InChI=1S/C16H24N6O5/c1-2-26-16(23)21-7-5-20(6-8-21)15-13(22(24)25)14(18-11-19-15)17-10-12-4-3-9-27-12/h11-12H,2-10H2,1H3,(H,17,18,19). The number of nitro groups is 1. The van der Waals surface area contributed by atoms with E-state index in [2.05, 4.69) is 15.3 Å². The second kappa shape index (κ2) is 8.80. The molecule has 148 valence electrons. The van der Waals surface area contributed by atoms with Crippen molar-refractivity contribution < 1.29 is 19.2 Å². The fourth-order valence-electron chi connectivity index (χ4n) is 3.23. The molecule has 1 N–H and O–H groups in total. The largest absolute Gasteiger partial charge is 0.450 e. The fraction of sp³-hybridized carbons (Fsp3) is 0.688. The van der Waals surface area contributed by atoms with Crippen LogP contribution < -0.4 is 10.2 Å². The van der Waals surface area contributed by atoms with Gasteiger partial charge in [-0.3, -0.25) is 10.1 Å². The van der Waals surface area contributed by atoms with Gasteiger partial charge in [-0.2, -0.15) is 0 Å². The third kappa shape index (κ3) is 4.54. The van der Waals surface area contributed by atoms with Crippen LogP contribution in [0.3, 0.4) is 0 Å². The van der Waals surface area contributed by atoms with Crippen LogP contribution in [0.1, 0.15) is 19.8 Å². The lowest BCUT2D eigenvalue weighted by molar-refractivity contribution is -0.383. The number of aromatic nitrogens is 2. The summed E-state index contributed by atoms with van der Waals surface area (Å²) in [5.41, 5.74) is -0.153. The molecule has 2 aliphatic heterocycles. The molecule has 27 heavy (non-hydrogen) atoms. The van der Waals surface area contributed by atoms with Gasteiger partial charge in [0.1, 0.15) is 6.33 Å². The quantitative estimate of drug-likeness (QED) is 0.573. The number of amides is 1. The molecule has 0 saturated carbocycles. The number of ether oxygens (including phenoxy) is 2. The zero-order valence-electron chi connectivity index (χ0n) is 15.3. The first kappa shape index (κ1) is 19.1. The van der Waals surface area contributed by atoms with Crippen LogP contribution in [-0.4, -0.2) is 77.9 Å². The maximum Gasteiger partial charge on any atom is 0.409 e. The molecule has 3 rings (SSSR count). The maximum atomic E-state index is 11.8. The molecule has 11 heteroatoms. The number of carbonyl (C=O) groups excluding carboxylic acids is 1. The number of rotatable bonds is 6. The molecule has 1 aromatic rings. The fourth-order valence-corrected chi connectivity index (χ4v) is 3.23. The highest BCUT2D eigenvalue weighted by Gasteiger charge is 2.31. The third-order valence-electron chi connectivity index (χ3n) is 4.61. The molecule has 2 fully saturated rings. The summed E-state index contributed by atoms with van der Waals surface area (Å²) in [6, 6.07) is 0. The molecule has 11 nitrogen and oxygen atoms in total. The van der Waals surface area contributed by atoms with Crippen molar-refractivity contribution in [3.05, 3.63) is 16.4 Å². The minimum atomic E-state index is -0.467. The number of piperazine rings is 1. The number of nitrogens with one attached hydrogen (secondary N) is 1. The summed E-state index contributed by atoms with van der Waals surface area (Å²) in [6.07, 6.45) is 2.91. The lowest BCUT2D eigenvalue weighted by atomic mass is 10.2. The molecule has 0 aliphatic carbocycles. The first-order valence-electron chi connectivity index (χ1n) is 9.11. The van der Waals surface area contributed by atoms with E-state index < -0.39 is 4.92 Å². The zero-order chi connectivity index (χ0) is 19.2. The van der Waals surface area contributed by atoms with Crippen molar-refractivity contribution in [2.24, 2.45) is 0 Å². The van der Waals surface area contributed by atoms with Crippen molar-refractivity contribution in [2.45, 2.75) is 25.9 Å². The van der Waals surface area contributed by atoms with Gasteiger partial charge in [0.2, 0.25) is 11.6 Å². The molecule has 3 heterocycles. The highest BCUT2D eigenvalue weighted by Crippen LogP contribution is 2.32. The summed E-state index contributed by atoms with van der Waals surface area (Å²) < 4.78 is 10.5. The summed E-state index contributed by atoms with van der Waals surface area (Å²) in [5, 5.41) is 14.7. The molecule has 1 atom stereocenters. The van der Waals surface area contributed by atoms with Crippen LogP contribution in [-0.2, 0) is 9.47 Å². The molecule has 2 saturated heterocycles. The average Bonchev–Trinajstić information content (AvgIpc) is 3.20. The topological polar surface area (TPSA) is 123 Å². The maximum absolute atomic E-state index is 11.8. The second-order valence-corrected chi connectivity index (χ2v) is 6.34. The predicted octanol–water partition coefficient (Wildman–Crippen LogP) is 1.25. The average molecular weight is 380 g/mol. The van der Waals surface area contributed by atoms with Crippen molar-refractivity contribution in [3.8, 4) is 0 Å². The molecule has 1 amide bonds. The van der Waals surface area contributed by atoms with E-state index in [1.54, 1.807) is 16.7 Å². The van der Waals surface area contributed by atoms with Gasteiger partial charge in [-0.05, 0) is 19.8 Å². The Morgan fingerprint density at radius 1 is 1.41 bits per heavy atom. The minimum absolute atomic E-state index is 0.0381. The van der Waals surface area contributed by atoms with E-state index in [0.29, 0.717) is 45.9 Å². The Labute approximate surface area is 156 Å². The van der Waals surface area contributed by atoms with Gasteiger partial charge in [-0.15, -0.1) is 0 Å². The molecule has 2 aliphatic rings. The van der Waals surface area contributed by atoms with Gasteiger partial charge in [0.25, 0.3) is 0 Å². The Morgan fingerprint density at radius 2 is 2.19 bits per heavy atom. The van der Waals surface area contributed by atoms with Crippen molar-refractivity contribution >= 4 is 23.4 Å². The smallest absolute Gasteiger partial charge is 0.409 e. The minimum Gasteiger partial charge on any atom is -0.450 e. The summed E-state index contributed by atoms with van der Waals surface area (Å²) in [4.78, 5) is 34.6. The number of carbonyl (C=O) groups is 1. The van der Waals surface area contributed by atoms with Crippen LogP contribution in [0.4, 0.5) is 22.1 Å². The van der Waals surface area contributed by atoms with Gasteiger partial charge in [-0.25, -0.2) is 14.8 Å². The predicted molar refractivity (Wildman–Crippen MR) is 97.0 cm³/mol. The first-order chi connectivity index (χ1) is 13.1. The molecule has 0 radical (unpaired) electrons. The van der Waals surface area contributed by atoms with Crippen LogP contribution in [0.25, 0.3) is 0 Å². The Bertz CT molecular complexity index is 673. The lowest BCUT2D eigenvalue weighted by Gasteiger charge is -2.34. The molecule has 0 aromatic carbocycles. The third-order valence-corrected chi connectivity index (χ3v) is 4.61. The highest BCUT2D eigenvalue weighted by molar-refractivity contribution is 5.71. The Hall–Kier alpha value is -2.69. The normalized spacial score (nSPS) is 19.8. The monoisotopic (exact) mass is 380 g/mol. The molecule has 1 unspecified atom stereocenters. The SMILES string of the molecule is CCOC(=O)N1CCN(c2ncnc(NCC3CCCO3)c2[N+](=O)[O-])CC1. The van der Waals surface area contributed by atoms with Crippen LogP contribution in [0.2, 0.25) is 0 Å². The van der Waals surface area contributed by atoms with Gasteiger partial charge in [-0.1, -0.05) is 0 Å². The van der Waals surface area contributed by atoms with Gasteiger partial charge in [0.15, 0.2) is 0 Å². The summed E-state index contributed by atoms with van der Waals surface area (Å²) >= 11 is 0. The van der Waals surface area contributed by atoms with E-state index in [-0.39, 0.29) is 29.5 Å². The molecular weight excluding hydrogens is 356 g/mol. The summed E-state index contributed by atoms with van der Waals surface area (Å²) in [5.74, 6) is 0.446. The van der Waals surface area contributed by atoms with Crippen molar-refractivity contribution in [2.75, 3.05) is 56.2 Å². The summed E-state index contributed by atoms with van der Waals surface area (Å²) in [6.45, 7) is 4.95. The number of anilines is 2. The van der Waals surface area contributed by atoms with Crippen LogP contribution in [0.15, 0.2) is 6.33 Å². The van der Waals surface area contributed by atoms with Crippen LogP contribution >= 0.6 is 0 Å². The van der Waals surface area contributed by atoms with E-state index in [1.807, 2.05) is 0 Å². The van der Waals surface area contributed by atoms with E-state index >= 15 is 0 Å². The van der Waals surface area contributed by atoms with Gasteiger partial charge in [0.05, 0.1) is 17.6 Å². The Kier molecular flexibility index (Phi) is 6.22. The van der Waals surface area contributed by atoms with Crippen molar-refractivity contribution in [1.82, 2.24) is 14.9 Å². The molecule has 0 spiro atoms. The van der Waals surface area contributed by atoms with Gasteiger partial charge in [0, 0.05) is 39.3 Å². The molecular formula is C16H24N6O5. The van der Waals surface area contributed by atoms with Gasteiger partial charge < -0.3 is 24.6 Å². The number of hydrogen-bond donors (Lipinski definition) is 1. The van der Waals surface area contributed by atoms with E-state index in [4.69, 9.17) is 9.47 Å². The number of nitrogens with zero attached hydrogens (tertiary/aromatic N) is 5. The second-order valence-electron chi connectivity index (χ2n) is 6.34. The van der Waals surface area contributed by atoms with E-state index in [0.717, 1.165) is 12.8 Å². The number of hydrogen-bond acceptors (Lipinski definition) is 9.